The molecular formula is C12H13N3O3. The van der Waals surface area contributed by atoms with Crippen LogP contribution in [0.5, 0.6) is 5.75 Å². The lowest BCUT2D eigenvalue weighted by molar-refractivity contribution is 0.0691. The van der Waals surface area contributed by atoms with E-state index in [-0.39, 0.29) is 12.2 Å². The summed E-state index contributed by atoms with van der Waals surface area (Å²) in [7, 11) is 1.76. The van der Waals surface area contributed by atoms with Crippen molar-refractivity contribution >= 4 is 5.97 Å². The molecule has 0 fully saturated rings. The number of carboxylic acids is 1. The van der Waals surface area contributed by atoms with E-state index in [4.69, 9.17) is 9.84 Å². The number of benzene rings is 1. The van der Waals surface area contributed by atoms with Crippen molar-refractivity contribution in [2.24, 2.45) is 7.05 Å². The van der Waals surface area contributed by atoms with Gasteiger partial charge in [0.25, 0.3) is 0 Å². The quantitative estimate of drug-likeness (QED) is 0.883. The fourth-order valence-electron chi connectivity index (χ4n) is 1.55. The van der Waals surface area contributed by atoms with E-state index in [9.17, 15) is 4.79 Å². The van der Waals surface area contributed by atoms with E-state index in [2.05, 4.69) is 10.3 Å². The fourth-order valence-corrected chi connectivity index (χ4v) is 1.55. The van der Waals surface area contributed by atoms with E-state index >= 15 is 0 Å². The van der Waals surface area contributed by atoms with Gasteiger partial charge in [-0.25, -0.2) is 4.79 Å². The highest BCUT2D eigenvalue weighted by molar-refractivity contribution is 5.91. The molecule has 1 N–H and O–H groups in total. The molecule has 2 aromatic rings. The summed E-state index contributed by atoms with van der Waals surface area (Å²) in [6.45, 7) is 2.02. The van der Waals surface area contributed by atoms with Gasteiger partial charge < -0.3 is 9.84 Å². The molecule has 1 heterocycles. The molecule has 6 nitrogen and oxygen atoms in total. The highest BCUT2D eigenvalue weighted by atomic mass is 16.5. The molecule has 0 saturated heterocycles. The van der Waals surface area contributed by atoms with Crippen LogP contribution in [0.1, 0.15) is 21.6 Å². The number of aryl methyl sites for hydroxylation is 2. The van der Waals surface area contributed by atoms with E-state index in [1.54, 1.807) is 36.1 Å². The number of aromatic carboxylic acids is 1. The van der Waals surface area contributed by atoms with E-state index in [1.165, 1.54) is 0 Å². The van der Waals surface area contributed by atoms with Crippen LogP contribution in [0.4, 0.5) is 0 Å². The normalized spacial score (nSPS) is 10.3. The van der Waals surface area contributed by atoms with Gasteiger partial charge in [-0.05, 0) is 19.1 Å². The molecule has 0 atom stereocenters. The number of ether oxygens (including phenoxy) is 1. The number of aromatic nitrogens is 3. The zero-order valence-electron chi connectivity index (χ0n) is 10.1. The second-order valence-corrected chi connectivity index (χ2v) is 3.98. The van der Waals surface area contributed by atoms with E-state index in [1.807, 2.05) is 6.92 Å². The van der Waals surface area contributed by atoms with Crippen LogP contribution in [0.2, 0.25) is 0 Å². The molecule has 0 bridgehead atoms. The van der Waals surface area contributed by atoms with Crippen molar-refractivity contribution in [3.8, 4) is 5.75 Å². The molecule has 6 heteroatoms. The molecule has 2 rings (SSSR count). The lowest BCUT2D eigenvalue weighted by atomic mass is 10.1. The summed E-state index contributed by atoms with van der Waals surface area (Å²) in [6.07, 6.45) is 1.72. The maximum Gasteiger partial charge on any atom is 0.339 e. The molecule has 18 heavy (non-hydrogen) atoms. The monoisotopic (exact) mass is 247 g/mol. The highest BCUT2D eigenvalue weighted by Gasteiger charge is 2.12. The summed E-state index contributed by atoms with van der Waals surface area (Å²) in [6, 6.07) is 5.03. The van der Waals surface area contributed by atoms with Gasteiger partial charge in [-0.3, -0.25) is 4.68 Å². The van der Waals surface area contributed by atoms with Crippen molar-refractivity contribution < 1.29 is 14.6 Å². The van der Waals surface area contributed by atoms with Crippen LogP contribution in [0.15, 0.2) is 24.4 Å². The number of nitrogens with zero attached hydrogens (tertiary/aromatic N) is 3. The van der Waals surface area contributed by atoms with Gasteiger partial charge in [-0.2, -0.15) is 0 Å². The second kappa shape index (κ2) is 4.87. The maximum atomic E-state index is 11.1. The van der Waals surface area contributed by atoms with Crippen LogP contribution in [-0.4, -0.2) is 26.1 Å². The lowest BCUT2D eigenvalue weighted by Gasteiger charge is -2.08. The van der Waals surface area contributed by atoms with Gasteiger partial charge in [0, 0.05) is 7.05 Å². The fraction of sp³-hybridized carbons (Fsp3) is 0.250. The molecule has 1 aromatic heterocycles. The Kier molecular flexibility index (Phi) is 3.27. The Morgan fingerprint density at radius 2 is 2.28 bits per heavy atom. The van der Waals surface area contributed by atoms with Crippen LogP contribution in [-0.2, 0) is 13.7 Å². The topological polar surface area (TPSA) is 77.2 Å². The molecule has 0 aliphatic carbocycles. The lowest BCUT2D eigenvalue weighted by Crippen LogP contribution is -2.04. The summed E-state index contributed by atoms with van der Waals surface area (Å²) in [5, 5.41) is 16.7. The number of rotatable bonds is 4. The summed E-state index contributed by atoms with van der Waals surface area (Å²) in [5.74, 6) is -0.674. The SMILES string of the molecule is Cc1ccc(OCc2cn(C)nn2)c(C(=O)O)c1. The Bertz CT molecular complexity index is 578. The Hall–Kier alpha value is -2.37. The molecule has 94 valence electrons. The Morgan fingerprint density at radius 3 is 2.89 bits per heavy atom. The molecule has 0 amide bonds. The molecular weight excluding hydrogens is 234 g/mol. The van der Waals surface area contributed by atoms with Gasteiger partial charge in [0.15, 0.2) is 0 Å². The first-order valence-corrected chi connectivity index (χ1v) is 5.38. The first kappa shape index (κ1) is 12.1. The molecule has 1 aromatic carbocycles. The Morgan fingerprint density at radius 1 is 1.50 bits per heavy atom. The summed E-state index contributed by atoms with van der Waals surface area (Å²) >= 11 is 0. The first-order chi connectivity index (χ1) is 8.56. The molecule has 0 aliphatic heterocycles. The van der Waals surface area contributed by atoms with Crippen molar-refractivity contribution in [2.75, 3.05) is 0 Å². The van der Waals surface area contributed by atoms with Crippen LogP contribution < -0.4 is 4.74 Å². The number of carboxylic acid groups (broad SMARTS) is 1. The van der Waals surface area contributed by atoms with E-state index in [0.717, 1.165) is 5.56 Å². The molecule has 0 aliphatic rings. The van der Waals surface area contributed by atoms with Crippen molar-refractivity contribution in [2.45, 2.75) is 13.5 Å². The number of hydrogen-bond donors (Lipinski definition) is 1. The smallest absolute Gasteiger partial charge is 0.339 e. The van der Waals surface area contributed by atoms with Crippen molar-refractivity contribution in [1.29, 1.82) is 0 Å². The van der Waals surface area contributed by atoms with Crippen LogP contribution in [0.25, 0.3) is 0 Å². The third kappa shape index (κ3) is 2.65. The zero-order valence-corrected chi connectivity index (χ0v) is 10.1. The highest BCUT2D eigenvalue weighted by Crippen LogP contribution is 2.20. The number of hydrogen-bond acceptors (Lipinski definition) is 4. The van der Waals surface area contributed by atoms with E-state index < -0.39 is 5.97 Å². The van der Waals surface area contributed by atoms with Crippen molar-refractivity contribution in [3.63, 3.8) is 0 Å². The predicted octanol–water partition coefficient (Wildman–Crippen LogP) is 1.40. The average Bonchev–Trinajstić information content (AvgIpc) is 2.73. The largest absolute Gasteiger partial charge is 0.486 e. The Balaban J connectivity index is 2.16. The standard InChI is InChI=1S/C12H13N3O3/c1-8-3-4-11(10(5-8)12(16)17)18-7-9-6-15(2)14-13-9/h3-6H,7H2,1-2H3,(H,16,17). The minimum Gasteiger partial charge on any atom is -0.486 e. The van der Waals surface area contributed by atoms with E-state index in [0.29, 0.717) is 11.4 Å². The van der Waals surface area contributed by atoms with Gasteiger partial charge in [-0.15, -0.1) is 5.10 Å². The van der Waals surface area contributed by atoms with Gasteiger partial charge in [0.05, 0.1) is 6.20 Å². The molecule has 0 spiro atoms. The third-order valence-electron chi connectivity index (χ3n) is 2.39. The minimum absolute atomic E-state index is 0.152. The predicted molar refractivity (Wildman–Crippen MR) is 63.5 cm³/mol. The summed E-state index contributed by atoms with van der Waals surface area (Å²) in [4.78, 5) is 11.1. The average molecular weight is 247 g/mol. The van der Waals surface area contributed by atoms with Crippen LogP contribution in [0.3, 0.4) is 0 Å². The van der Waals surface area contributed by atoms with Crippen LogP contribution >= 0.6 is 0 Å². The summed E-state index contributed by atoms with van der Waals surface area (Å²) in [5.41, 5.74) is 1.67. The maximum absolute atomic E-state index is 11.1. The second-order valence-electron chi connectivity index (χ2n) is 3.98. The molecule has 0 radical (unpaired) electrons. The van der Waals surface area contributed by atoms with Gasteiger partial charge in [-0.1, -0.05) is 16.8 Å². The Labute approximate surface area is 104 Å². The van der Waals surface area contributed by atoms with Gasteiger partial charge >= 0.3 is 5.97 Å². The number of carbonyl (C=O) groups is 1. The van der Waals surface area contributed by atoms with Gasteiger partial charge in [0.2, 0.25) is 0 Å². The minimum atomic E-state index is -1.01. The zero-order chi connectivity index (χ0) is 13.1. The molecule has 0 saturated carbocycles. The molecule has 0 unspecified atom stereocenters. The van der Waals surface area contributed by atoms with Crippen molar-refractivity contribution in [1.82, 2.24) is 15.0 Å². The summed E-state index contributed by atoms with van der Waals surface area (Å²) < 4.78 is 7.02. The first-order valence-electron chi connectivity index (χ1n) is 5.38. The van der Waals surface area contributed by atoms with Gasteiger partial charge in [0.1, 0.15) is 23.6 Å². The van der Waals surface area contributed by atoms with Crippen LogP contribution in [0, 0.1) is 6.92 Å². The van der Waals surface area contributed by atoms with Crippen molar-refractivity contribution in [3.05, 3.63) is 41.2 Å². The third-order valence-corrected chi connectivity index (χ3v) is 2.39.